The minimum absolute atomic E-state index is 0.0309. The first-order chi connectivity index (χ1) is 10.0. The number of benzene rings is 1. The van der Waals surface area contributed by atoms with Crippen LogP contribution in [0.1, 0.15) is 0 Å². The van der Waals surface area contributed by atoms with Crippen molar-refractivity contribution in [3.05, 3.63) is 24.3 Å². The Morgan fingerprint density at radius 2 is 2.05 bits per heavy atom. The first-order valence-corrected chi connectivity index (χ1v) is 7.30. The molecule has 2 amide bonds. The number of hydrogen-bond acceptors (Lipinski definition) is 5. The number of amides is 2. The molecule has 0 unspecified atom stereocenters. The summed E-state index contributed by atoms with van der Waals surface area (Å²) in [6.45, 7) is -0.385. The minimum Gasteiger partial charge on any atom is -0.482 e. The summed E-state index contributed by atoms with van der Waals surface area (Å²) in [6, 6.07) is 6.34. The highest BCUT2D eigenvalue weighted by atomic mass is 32.2. The van der Waals surface area contributed by atoms with Gasteiger partial charge < -0.3 is 20.1 Å². The molecule has 1 aliphatic rings. The molecule has 112 valence electrons. The molecule has 1 aromatic rings. The van der Waals surface area contributed by atoms with Gasteiger partial charge in [0.2, 0.25) is 11.8 Å². The highest BCUT2D eigenvalue weighted by Gasteiger charge is 2.22. The van der Waals surface area contributed by atoms with Crippen molar-refractivity contribution in [3.63, 3.8) is 0 Å². The first kappa shape index (κ1) is 15.2. The third-order valence-corrected chi connectivity index (χ3v) is 3.61. The molecule has 0 aromatic heterocycles. The van der Waals surface area contributed by atoms with E-state index in [0.29, 0.717) is 23.1 Å². The number of rotatable bonds is 6. The third kappa shape index (κ3) is 4.67. The molecule has 2 rings (SSSR count). The number of carboxylic acid groups (broad SMARTS) is 1. The monoisotopic (exact) mass is 310 g/mol. The van der Waals surface area contributed by atoms with Gasteiger partial charge >= 0.3 is 5.97 Å². The largest absolute Gasteiger partial charge is 0.482 e. The molecule has 0 aliphatic carbocycles. The van der Waals surface area contributed by atoms with E-state index in [1.165, 1.54) is 16.7 Å². The Morgan fingerprint density at radius 3 is 2.62 bits per heavy atom. The zero-order chi connectivity index (χ0) is 15.2. The van der Waals surface area contributed by atoms with Crippen molar-refractivity contribution in [2.24, 2.45) is 0 Å². The van der Waals surface area contributed by atoms with Gasteiger partial charge in [-0.2, -0.15) is 0 Å². The van der Waals surface area contributed by atoms with Gasteiger partial charge in [-0.3, -0.25) is 9.59 Å². The number of carbonyl (C=O) groups excluding carboxylic acids is 2. The molecule has 0 bridgehead atoms. The van der Waals surface area contributed by atoms with E-state index < -0.39 is 12.6 Å². The summed E-state index contributed by atoms with van der Waals surface area (Å²) < 4.78 is 4.98. The van der Waals surface area contributed by atoms with Crippen molar-refractivity contribution < 1.29 is 24.2 Å². The SMILES string of the molecule is O=C(O)COc1ccc(NC(=O)CN2CSCC2=O)cc1. The molecular weight excluding hydrogens is 296 g/mol. The van der Waals surface area contributed by atoms with Gasteiger partial charge in [0.05, 0.1) is 11.6 Å². The summed E-state index contributed by atoms with van der Waals surface area (Å²) in [6.07, 6.45) is 0. The number of nitrogens with zero attached hydrogens (tertiary/aromatic N) is 1. The maximum Gasteiger partial charge on any atom is 0.341 e. The van der Waals surface area contributed by atoms with Crippen molar-refractivity contribution in [2.75, 3.05) is 30.1 Å². The van der Waals surface area contributed by atoms with E-state index in [0.717, 1.165) is 0 Å². The van der Waals surface area contributed by atoms with Crippen LogP contribution >= 0.6 is 11.8 Å². The Morgan fingerprint density at radius 1 is 1.33 bits per heavy atom. The lowest BCUT2D eigenvalue weighted by molar-refractivity contribution is -0.139. The number of carbonyl (C=O) groups is 3. The van der Waals surface area contributed by atoms with Crippen LogP contribution < -0.4 is 10.1 Å². The lowest BCUT2D eigenvalue weighted by atomic mass is 10.3. The fourth-order valence-electron chi connectivity index (χ4n) is 1.69. The molecule has 1 aliphatic heterocycles. The van der Waals surface area contributed by atoms with E-state index in [4.69, 9.17) is 9.84 Å². The predicted molar refractivity (Wildman–Crippen MR) is 77.2 cm³/mol. The number of ether oxygens (including phenoxy) is 1. The van der Waals surface area contributed by atoms with Crippen LogP contribution in [0.25, 0.3) is 0 Å². The lowest BCUT2D eigenvalue weighted by Crippen LogP contribution is -2.34. The second-order valence-electron chi connectivity index (χ2n) is 4.32. The highest BCUT2D eigenvalue weighted by Crippen LogP contribution is 2.17. The molecule has 7 nitrogen and oxygen atoms in total. The number of nitrogens with one attached hydrogen (secondary N) is 1. The molecule has 8 heteroatoms. The van der Waals surface area contributed by atoms with Crippen LogP contribution in [0.15, 0.2) is 24.3 Å². The second-order valence-corrected chi connectivity index (χ2v) is 5.28. The van der Waals surface area contributed by atoms with E-state index in [2.05, 4.69) is 5.32 Å². The minimum atomic E-state index is -1.06. The molecule has 1 fully saturated rings. The molecule has 1 heterocycles. The topological polar surface area (TPSA) is 95.9 Å². The van der Waals surface area contributed by atoms with Gasteiger partial charge in [0.25, 0.3) is 0 Å². The molecule has 1 aromatic carbocycles. The smallest absolute Gasteiger partial charge is 0.341 e. The van der Waals surface area contributed by atoms with Crippen LogP contribution in [0.5, 0.6) is 5.75 Å². The molecule has 1 saturated heterocycles. The van der Waals surface area contributed by atoms with Crippen LogP contribution in [-0.2, 0) is 14.4 Å². The summed E-state index contributed by atoms with van der Waals surface area (Å²) in [4.78, 5) is 35.0. The standard InChI is InChI=1S/C13H14N2O5S/c16-11(5-15-8-21-7-12(15)17)14-9-1-3-10(4-2-9)20-6-13(18)19/h1-4H,5-8H2,(H,14,16)(H,18,19). The molecule has 0 saturated carbocycles. The summed E-state index contributed by atoms with van der Waals surface area (Å²) in [7, 11) is 0. The Hall–Kier alpha value is -2.22. The number of anilines is 1. The fourth-order valence-corrected chi connectivity index (χ4v) is 2.60. The average Bonchev–Trinajstić information content (AvgIpc) is 2.83. The predicted octanol–water partition coefficient (Wildman–Crippen LogP) is 0.621. The zero-order valence-corrected chi connectivity index (χ0v) is 11.9. The molecule has 21 heavy (non-hydrogen) atoms. The molecule has 0 atom stereocenters. The normalized spacial score (nSPS) is 14.1. The van der Waals surface area contributed by atoms with Crippen molar-refractivity contribution in [1.29, 1.82) is 0 Å². The summed E-state index contributed by atoms with van der Waals surface area (Å²) >= 11 is 1.48. The summed E-state index contributed by atoms with van der Waals surface area (Å²) in [5, 5.41) is 11.2. The van der Waals surface area contributed by atoms with Crippen molar-refractivity contribution in [3.8, 4) is 5.75 Å². The van der Waals surface area contributed by atoms with E-state index >= 15 is 0 Å². The van der Waals surface area contributed by atoms with Crippen LogP contribution in [0.2, 0.25) is 0 Å². The zero-order valence-electron chi connectivity index (χ0n) is 11.1. The van der Waals surface area contributed by atoms with Crippen molar-refractivity contribution >= 4 is 35.2 Å². The number of thioether (sulfide) groups is 1. The lowest BCUT2D eigenvalue weighted by Gasteiger charge is -2.14. The Labute approximate surface area is 125 Å². The van der Waals surface area contributed by atoms with E-state index in [1.54, 1.807) is 24.3 Å². The maximum absolute atomic E-state index is 11.8. The Bertz CT molecular complexity index is 546. The Balaban J connectivity index is 1.83. The molecular formula is C13H14N2O5S. The Kier molecular flexibility index (Phi) is 5.04. The number of hydrogen-bond donors (Lipinski definition) is 2. The van der Waals surface area contributed by atoms with Gasteiger partial charge in [0, 0.05) is 5.69 Å². The summed E-state index contributed by atoms with van der Waals surface area (Å²) in [5.41, 5.74) is 0.557. The van der Waals surface area contributed by atoms with Crippen molar-refractivity contribution in [1.82, 2.24) is 4.90 Å². The van der Waals surface area contributed by atoms with Gasteiger partial charge in [0.15, 0.2) is 6.61 Å². The maximum atomic E-state index is 11.8. The summed E-state index contributed by atoms with van der Waals surface area (Å²) in [5.74, 6) is -0.00317. The van der Waals surface area contributed by atoms with Gasteiger partial charge in [0.1, 0.15) is 12.3 Å². The van der Waals surface area contributed by atoms with E-state index in [-0.39, 0.29) is 18.4 Å². The average molecular weight is 310 g/mol. The van der Waals surface area contributed by atoms with Crippen molar-refractivity contribution in [2.45, 2.75) is 0 Å². The van der Waals surface area contributed by atoms with E-state index in [9.17, 15) is 14.4 Å². The molecule has 2 N–H and O–H groups in total. The molecule has 0 spiro atoms. The van der Waals surface area contributed by atoms with Crippen LogP contribution in [0.4, 0.5) is 5.69 Å². The van der Waals surface area contributed by atoms with Gasteiger partial charge in [-0.05, 0) is 24.3 Å². The van der Waals surface area contributed by atoms with Gasteiger partial charge in [-0.15, -0.1) is 11.8 Å². The number of aliphatic carboxylic acids is 1. The first-order valence-electron chi connectivity index (χ1n) is 6.14. The third-order valence-electron chi connectivity index (χ3n) is 2.66. The van der Waals surface area contributed by atoms with Gasteiger partial charge in [-0.25, -0.2) is 4.79 Å². The van der Waals surface area contributed by atoms with E-state index in [1.807, 2.05) is 0 Å². The molecule has 0 radical (unpaired) electrons. The number of carboxylic acids is 1. The van der Waals surface area contributed by atoms with Gasteiger partial charge in [-0.1, -0.05) is 0 Å². The second kappa shape index (κ2) is 6.98. The quantitative estimate of drug-likeness (QED) is 0.800. The fraction of sp³-hybridized carbons (Fsp3) is 0.308. The highest BCUT2D eigenvalue weighted by molar-refractivity contribution is 8.00. The van der Waals surface area contributed by atoms with Crippen LogP contribution in [0.3, 0.4) is 0 Å². The van der Waals surface area contributed by atoms with Crippen LogP contribution in [0, 0.1) is 0 Å². The van der Waals surface area contributed by atoms with Crippen LogP contribution in [-0.4, -0.2) is 52.6 Å².